The Hall–Kier alpha value is -0.970. The van der Waals surface area contributed by atoms with E-state index in [0.29, 0.717) is 11.0 Å². The Morgan fingerprint density at radius 2 is 2.00 bits per heavy atom. The lowest BCUT2D eigenvalue weighted by Crippen LogP contribution is -2.31. The van der Waals surface area contributed by atoms with Crippen molar-refractivity contribution >= 4 is 17.7 Å². The van der Waals surface area contributed by atoms with Gasteiger partial charge in [0.05, 0.1) is 11.4 Å². The number of carbonyl (C=O) groups excluding carboxylic acids is 1. The van der Waals surface area contributed by atoms with Crippen molar-refractivity contribution in [1.82, 2.24) is 9.88 Å². The molecule has 1 rings (SSSR count). The molecule has 1 amide bonds. The van der Waals surface area contributed by atoms with Gasteiger partial charge in [0, 0.05) is 13.1 Å². The highest BCUT2D eigenvalue weighted by Crippen LogP contribution is 2.20. The van der Waals surface area contributed by atoms with Gasteiger partial charge in [0.25, 0.3) is 5.22 Å². The Labute approximate surface area is 100 Å². The molecular weight excluding hydrogens is 224 g/mol. The van der Waals surface area contributed by atoms with Gasteiger partial charge >= 0.3 is 0 Å². The molecule has 5 heteroatoms. The Morgan fingerprint density at radius 3 is 2.44 bits per heavy atom. The minimum absolute atomic E-state index is 0.128. The van der Waals surface area contributed by atoms with Gasteiger partial charge in [0.1, 0.15) is 5.76 Å². The topological polar surface area (TPSA) is 46.3 Å². The monoisotopic (exact) mass is 242 g/mol. The van der Waals surface area contributed by atoms with Gasteiger partial charge in [-0.3, -0.25) is 4.79 Å². The first kappa shape index (κ1) is 13.1. The zero-order valence-electron chi connectivity index (χ0n) is 10.2. The van der Waals surface area contributed by atoms with Gasteiger partial charge in [0.15, 0.2) is 0 Å². The van der Waals surface area contributed by atoms with E-state index in [1.54, 1.807) is 4.90 Å². The van der Waals surface area contributed by atoms with E-state index in [4.69, 9.17) is 4.42 Å². The zero-order valence-corrected chi connectivity index (χ0v) is 11.1. The second-order valence-electron chi connectivity index (χ2n) is 3.48. The molecule has 90 valence electrons. The van der Waals surface area contributed by atoms with E-state index < -0.39 is 0 Å². The molecule has 0 spiro atoms. The summed E-state index contributed by atoms with van der Waals surface area (Å²) in [5.74, 6) is 1.34. The minimum Gasteiger partial charge on any atom is -0.437 e. The summed E-state index contributed by atoms with van der Waals surface area (Å²) in [6.45, 7) is 9.23. The van der Waals surface area contributed by atoms with Gasteiger partial charge < -0.3 is 9.32 Å². The summed E-state index contributed by atoms with van der Waals surface area (Å²) in [6.07, 6.45) is 0. The van der Waals surface area contributed by atoms with Crippen LogP contribution in [0.4, 0.5) is 0 Å². The number of carbonyl (C=O) groups is 1. The molecule has 0 aliphatic heterocycles. The maximum atomic E-state index is 11.7. The van der Waals surface area contributed by atoms with Gasteiger partial charge in [-0.15, -0.1) is 0 Å². The van der Waals surface area contributed by atoms with E-state index in [1.807, 2.05) is 27.7 Å². The number of hydrogen-bond acceptors (Lipinski definition) is 4. The van der Waals surface area contributed by atoms with Crippen LogP contribution >= 0.6 is 11.8 Å². The van der Waals surface area contributed by atoms with E-state index in [0.717, 1.165) is 24.5 Å². The van der Waals surface area contributed by atoms with Crippen LogP contribution in [-0.2, 0) is 4.79 Å². The molecule has 0 fully saturated rings. The zero-order chi connectivity index (χ0) is 12.1. The molecule has 0 saturated heterocycles. The first-order valence-corrected chi connectivity index (χ1v) is 6.41. The fourth-order valence-corrected chi connectivity index (χ4v) is 2.11. The van der Waals surface area contributed by atoms with E-state index in [9.17, 15) is 4.79 Å². The lowest BCUT2D eigenvalue weighted by atomic mass is 10.4. The predicted molar refractivity (Wildman–Crippen MR) is 64.6 cm³/mol. The van der Waals surface area contributed by atoms with Crippen molar-refractivity contribution in [1.29, 1.82) is 0 Å². The summed E-state index contributed by atoms with van der Waals surface area (Å²) in [5, 5.41) is 0.579. The largest absolute Gasteiger partial charge is 0.437 e. The van der Waals surface area contributed by atoms with E-state index in [1.165, 1.54) is 11.8 Å². The number of oxazole rings is 1. The highest BCUT2D eigenvalue weighted by molar-refractivity contribution is 7.99. The molecule has 1 heterocycles. The average molecular weight is 242 g/mol. The number of hydrogen-bond donors (Lipinski definition) is 0. The number of amides is 1. The van der Waals surface area contributed by atoms with Crippen LogP contribution in [0.2, 0.25) is 0 Å². The van der Waals surface area contributed by atoms with Gasteiger partial charge in [-0.25, -0.2) is 4.98 Å². The van der Waals surface area contributed by atoms with E-state index in [-0.39, 0.29) is 5.91 Å². The maximum Gasteiger partial charge on any atom is 0.256 e. The van der Waals surface area contributed by atoms with Crippen LogP contribution in [0.1, 0.15) is 25.3 Å². The smallest absolute Gasteiger partial charge is 0.256 e. The van der Waals surface area contributed by atoms with E-state index in [2.05, 4.69) is 4.98 Å². The van der Waals surface area contributed by atoms with Crippen LogP contribution in [0, 0.1) is 13.8 Å². The minimum atomic E-state index is 0.128. The van der Waals surface area contributed by atoms with Gasteiger partial charge in [0.2, 0.25) is 5.91 Å². The molecule has 0 unspecified atom stereocenters. The molecule has 0 aliphatic rings. The van der Waals surface area contributed by atoms with Crippen LogP contribution in [0.5, 0.6) is 0 Å². The normalized spacial score (nSPS) is 10.5. The highest BCUT2D eigenvalue weighted by Gasteiger charge is 2.12. The van der Waals surface area contributed by atoms with Crippen LogP contribution in [-0.4, -0.2) is 34.6 Å². The Morgan fingerprint density at radius 1 is 1.38 bits per heavy atom. The summed E-state index contributed by atoms with van der Waals surface area (Å²) < 4.78 is 5.39. The molecular formula is C11H18N2O2S. The van der Waals surface area contributed by atoms with Crippen molar-refractivity contribution in [2.45, 2.75) is 32.9 Å². The lowest BCUT2D eigenvalue weighted by Gasteiger charge is -2.17. The molecule has 1 aromatic rings. The summed E-state index contributed by atoms with van der Waals surface area (Å²) in [5.41, 5.74) is 0.887. The summed E-state index contributed by atoms with van der Waals surface area (Å²) in [4.78, 5) is 17.7. The van der Waals surface area contributed by atoms with Gasteiger partial charge in [-0.1, -0.05) is 11.8 Å². The van der Waals surface area contributed by atoms with Crippen LogP contribution in [0.15, 0.2) is 9.64 Å². The van der Waals surface area contributed by atoms with Crippen molar-refractivity contribution in [3.63, 3.8) is 0 Å². The molecule has 0 aliphatic carbocycles. The number of nitrogens with zero attached hydrogens (tertiary/aromatic N) is 2. The second kappa shape index (κ2) is 5.94. The number of aromatic nitrogens is 1. The first-order chi connectivity index (χ1) is 7.58. The molecule has 0 bridgehead atoms. The first-order valence-electron chi connectivity index (χ1n) is 5.43. The fraction of sp³-hybridized carbons (Fsp3) is 0.636. The van der Waals surface area contributed by atoms with Crippen molar-refractivity contribution in [2.24, 2.45) is 0 Å². The third-order valence-electron chi connectivity index (χ3n) is 2.44. The molecule has 0 radical (unpaired) electrons. The lowest BCUT2D eigenvalue weighted by molar-refractivity contribution is -0.127. The Balaban J connectivity index is 2.48. The molecule has 1 aromatic heterocycles. The molecule has 0 atom stereocenters. The summed E-state index contributed by atoms with van der Waals surface area (Å²) in [6, 6.07) is 0. The third kappa shape index (κ3) is 3.27. The quantitative estimate of drug-likeness (QED) is 0.743. The molecule has 0 aromatic carbocycles. The summed E-state index contributed by atoms with van der Waals surface area (Å²) in [7, 11) is 0. The maximum absolute atomic E-state index is 11.7. The van der Waals surface area contributed by atoms with Crippen LogP contribution < -0.4 is 0 Å². The Bertz CT molecular complexity index is 339. The fourth-order valence-electron chi connectivity index (χ4n) is 1.30. The summed E-state index contributed by atoms with van der Waals surface area (Å²) >= 11 is 1.35. The standard InChI is InChI=1S/C11H18N2O2S/c1-5-13(6-2)10(14)7-16-11-12-8(3)9(4)15-11/h5-7H2,1-4H3. The van der Waals surface area contributed by atoms with Crippen molar-refractivity contribution in [3.8, 4) is 0 Å². The van der Waals surface area contributed by atoms with Crippen molar-refractivity contribution in [2.75, 3.05) is 18.8 Å². The molecule has 16 heavy (non-hydrogen) atoms. The molecule has 4 nitrogen and oxygen atoms in total. The van der Waals surface area contributed by atoms with Crippen LogP contribution in [0.3, 0.4) is 0 Å². The van der Waals surface area contributed by atoms with E-state index >= 15 is 0 Å². The van der Waals surface area contributed by atoms with Gasteiger partial charge in [-0.2, -0.15) is 0 Å². The average Bonchev–Trinajstić information content (AvgIpc) is 2.57. The predicted octanol–water partition coefficient (Wildman–Crippen LogP) is 2.25. The highest BCUT2D eigenvalue weighted by atomic mass is 32.2. The van der Waals surface area contributed by atoms with Crippen LogP contribution in [0.25, 0.3) is 0 Å². The number of aryl methyl sites for hydroxylation is 2. The van der Waals surface area contributed by atoms with Crippen molar-refractivity contribution in [3.05, 3.63) is 11.5 Å². The number of rotatable bonds is 5. The molecule has 0 saturated carbocycles. The molecule has 0 N–H and O–H groups in total. The second-order valence-corrected chi connectivity index (χ2v) is 4.40. The van der Waals surface area contributed by atoms with Gasteiger partial charge in [-0.05, 0) is 27.7 Å². The Kier molecular flexibility index (Phi) is 4.86. The SMILES string of the molecule is CCN(CC)C(=O)CSc1nc(C)c(C)o1. The number of thioether (sulfide) groups is 1. The third-order valence-corrected chi connectivity index (χ3v) is 3.26. The van der Waals surface area contributed by atoms with Crippen molar-refractivity contribution < 1.29 is 9.21 Å².